The molecular formula is C11H8ClF4NO. The number of hydrogen-bond donors (Lipinski definition) is 1. The zero-order chi connectivity index (χ0) is 13.6. The lowest BCUT2D eigenvalue weighted by Gasteiger charge is -2.19. The first-order chi connectivity index (χ1) is 8.28. The second kappa shape index (κ2) is 4.12. The van der Waals surface area contributed by atoms with Crippen molar-refractivity contribution in [2.45, 2.75) is 19.0 Å². The summed E-state index contributed by atoms with van der Waals surface area (Å²) in [6.45, 7) is 0. The van der Waals surface area contributed by atoms with E-state index in [4.69, 9.17) is 11.6 Å². The molecule has 1 N–H and O–H groups in total. The van der Waals surface area contributed by atoms with Gasteiger partial charge in [0.2, 0.25) is 5.91 Å². The van der Waals surface area contributed by atoms with Crippen LogP contribution in [0.15, 0.2) is 18.2 Å². The van der Waals surface area contributed by atoms with Crippen LogP contribution in [0.2, 0.25) is 5.02 Å². The van der Waals surface area contributed by atoms with E-state index < -0.39 is 29.0 Å². The number of alkyl halides is 3. The van der Waals surface area contributed by atoms with Crippen LogP contribution in [0.4, 0.5) is 23.2 Å². The van der Waals surface area contributed by atoms with E-state index in [9.17, 15) is 22.4 Å². The first-order valence-corrected chi connectivity index (χ1v) is 5.48. The maximum atomic E-state index is 13.3. The van der Waals surface area contributed by atoms with Crippen molar-refractivity contribution < 1.29 is 22.4 Å². The Balaban J connectivity index is 2.23. The van der Waals surface area contributed by atoms with Gasteiger partial charge in [-0.05, 0) is 25.0 Å². The second-order valence-electron chi connectivity index (χ2n) is 4.13. The molecule has 18 heavy (non-hydrogen) atoms. The molecule has 0 bridgehead atoms. The number of nitrogens with one attached hydrogen (secondary N) is 1. The van der Waals surface area contributed by atoms with Crippen LogP contribution in [0, 0.1) is 11.2 Å². The van der Waals surface area contributed by atoms with Crippen LogP contribution in [0.25, 0.3) is 0 Å². The molecule has 98 valence electrons. The van der Waals surface area contributed by atoms with Crippen LogP contribution < -0.4 is 5.32 Å². The lowest BCUT2D eigenvalue weighted by Crippen LogP contribution is -2.37. The van der Waals surface area contributed by atoms with E-state index >= 15 is 0 Å². The molecule has 1 aliphatic rings. The quantitative estimate of drug-likeness (QED) is 0.822. The predicted molar refractivity (Wildman–Crippen MR) is 57.8 cm³/mol. The Morgan fingerprint density at radius 3 is 2.39 bits per heavy atom. The normalized spacial score (nSPS) is 17.4. The van der Waals surface area contributed by atoms with Gasteiger partial charge in [-0.2, -0.15) is 13.2 Å². The number of anilines is 1. The first-order valence-electron chi connectivity index (χ1n) is 5.10. The van der Waals surface area contributed by atoms with Gasteiger partial charge < -0.3 is 5.32 Å². The maximum Gasteiger partial charge on any atom is 0.403 e. The van der Waals surface area contributed by atoms with Crippen LogP contribution in [-0.4, -0.2) is 12.1 Å². The Morgan fingerprint density at radius 1 is 1.33 bits per heavy atom. The fraction of sp³-hybridized carbons (Fsp3) is 0.364. The van der Waals surface area contributed by atoms with Crippen molar-refractivity contribution in [1.82, 2.24) is 0 Å². The Morgan fingerprint density at radius 2 is 1.94 bits per heavy atom. The highest BCUT2D eigenvalue weighted by Gasteiger charge is 2.68. The van der Waals surface area contributed by atoms with Gasteiger partial charge in [-0.1, -0.05) is 17.7 Å². The first kappa shape index (κ1) is 13.1. The monoisotopic (exact) mass is 281 g/mol. The average molecular weight is 282 g/mol. The Labute approximate surface area is 105 Å². The zero-order valence-corrected chi connectivity index (χ0v) is 9.70. The number of para-hydroxylation sites is 1. The molecular weight excluding hydrogens is 274 g/mol. The summed E-state index contributed by atoms with van der Waals surface area (Å²) in [6.07, 6.45) is -5.20. The van der Waals surface area contributed by atoms with Gasteiger partial charge >= 0.3 is 6.18 Å². The molecule has 0 radical (unpaired) electrons. The summed E-state index contributed by atoms with van der Waals surface area (Å²) in [7, 11) is 0. The number of carbonyl (C=O) groups is 1. The molecule has 2 rings (SSSR count). The minimum atomic E-state index is -4.63. The van der Waals surface area contributed by atoms with E-state index in [1.54, 1.807) is 0 Å². The van der Waals surface area contributed by atoms with Crippen LogP contribution in [0.1, 0.15) is 12.8 Å². The molecule has 1 fully saturated rings. The van der Waals surface area contributed by atoms with Crippen molar-refractivity contribution in [3.8, 4) is 0 Å². The molecule has 0 aliphatic heterocycles. The van der Waals surface area contributed by atoms with Crippen LogP contribution in [-0.2, 0) is 4.79 Å². The van der Waals surface area contributed by atoms with Crippen molar-refractivity contribution in [3.05, 3.63) is 29.0 Å². The standard InChI is InChI=1S/C11H8ClF4NO/c12-6-2-1-3-7(13)8(6)17-9(18)10(4-5-10)11(14,15)16/h1-3H,4-5H2,(H,17,18). The number of hydrogen-bond acceptors (Lipinski definition) is 1. The third kappa shape index (κ3) is 2.05. The number of rotatable bonds is 2. The van der Waals surface area contributed by atoms with Gasteiger partial charge in [0, 0.05) is 0 Å². The molecule has 1 saturated carbocycles. The summed E-state index contributed by atoms with van der Waals surface area (Å²) in [5.74, 6) is -2.13. The Hall–Kier alpha value is -1.30. The van der Waals surface area contributed by atoms with Gasteiger partial charge in [-0.25, -0.2) is 4.39 Å². The van der Waals surface area contributed by atoms with Crippen molar-refractivity contribution >= 4 is 23.2 Å². The molecule has 1 aliphatic carbocycles. The van der Waals surface area contributed by atoms with Gasteiger partial charge in [0.15, 0.2) is 0 Å². The Bertz CT molecular complexity index is 476. The van der Waals surface area contributed by atoms with E-state index in [2.05, 4.69) is 0 Å². The van der Waals surface area contributed by atoms with E-state index in [1.807, 2.05) is 5.32 Å². The summed E-state index contributed by atoms with van der Waals surface area (Å²) in [5.41, 5.74) is -2.81. The number of amides is 1. The highest BCUT2D eigenvalue weighted by molar-refractivity contribution is 6.33. The van der Waals surface area contributed by atoms with Crippen molar-refractivity contribution in [3.63, 3.8) is 0 Å². The molecule has 0 spiro atoms. The molecule has 1 aromatic rings. The van der Waals surface area contributed by atoms with Crippen LogP contribution in [0.5, 0.6) is 0 Å². The molecule has 0 atom stereocenters. The molecule has 0 unspecified atom stereocenters. The Kier molecular flexibility index (Phi) is 3.01. The van der Waals surface area contributed by atoms with Gasteiger partial charge in [0.05, 0.1) is 10.7 Å². The molecule has 1 aromatic carbocycles. The maximum absolute atomic E-state index is 13.3. The smallest absolute Gasteiger partial charge is 0.322 e. The van der Waals surface area contributed by atoms with Crippen molar-refractivity contribution in [1.29, 1.82) is 0 Å². The van der Waals surface area contributed by atoms with Crippen LogP contribution in [0.3, 0.4) is 0 Å². The molecule has 1 amide bonds. The SMILES string of the molecule is O=C(Nc1c(F)cccc1Cl)C1(C(F)(F)F)CC1. The lowest BCUT2D eigenvalue weighted by atomic mass is 10.1. The van der Waals surface area contributed by atoms with Gasteiger partial charge in [-0.3, -0.25) is 4.79 Å². The topological polar surface area (TPSA) is 29.1 Å². The highest BCUT2D eigenvalue weighted by atomic mass is 35.5. The third-order valence-corrected chi connectivity index (χ3v) is 3.24. The largest absolute Gasteiger partial charge is 0.403 e. The number of benzene rings is 1. The van der Waals surface area contributed by atoms with Gasteiger partial charge in [-0.15, -0.1) is 0 Å². The molecule has 7 heteroatoms. The second-order valence-corrected chi connectivity index (χ2v) is 4.54. The lowest BCUT2D eigenvalue weighted by molar-refractivity contribution is -0.189. The minimum Gasteiger partial charge on any atom is -0.322 e. The number of halogens is 5. The number of carbonyl (C=O) groups excluding carboxylic acids is 1. The van der Waals surface area contributed by atoms with Crippen molar-refractivity contribution in [2.24, 2.45) is 5.41 Å². The fourth-order valence-corrected chi connectivity index (χ4v) is 1.82. The highest BCUT2D eigenvalue weighted by Crippen LogP contribution is 2.58. The van der Waals surface area contributed by atoms with Gasteiger partial charge in [0.25, 0.3) is 0 Å². The summed E-state index contributed by atoms with van der Waals surface area (Å²) >= 11 is 5.62. The van der Waals surface area contributed by atoms with E-state index in [0.717, 1.165) is 6.07 Å². The summed E-state index contributed by atoms with van der Waals surface area (Å²) in [6, 6.07) is 3.59. The van der Waals surface area contributed by atoms with E-state index in [-0.39, 0.29) is 17.9 Å². The molecule has 0 heterocycles. The molecule has 0 saturated heterocycles. The average Bonchev–Trinajstić information content (AvgIpc) is 3.03. The summed E-state index contributed by atoms with van der Waals surface area (Å²) < 4.78 is 51.3. The molecule has 2 nitrogen and oxygen atoms in total. The van der Waals surface area contributed by atoms with Crippen molar-refractivity contribution in [2.75, 3.05) is 5.32 Å². The fourth-order valence-electron chi connectivity index (χ4n) is 1.61. The van der Waals surface area contributed by atoms with E-state index in [1.165, 1.54) is 12.1 Å². The van der Waals surface area contributed by atoms with Gasteiger partial charge in [0.1, 0.15) is 11.2 Å². The molecule has 0 aromatic heterocycles. The zero-order valence-electron chi connectivity index (χ0n) is 8.94. The minimum absolute atomic E-state index is 0.138. The third-order valence-electron chi connectivity index (χ3n) is 2.93. The predicted octanol–water partition coefficient (Wildman–Crippen LogP) is 3.76. The summed E-state index contributed by atoms with van der Waals surface area (Å²) in [4.78, 5) is 11.6. The summed E-state index contributed by atoms with van der Waals surface area (Å²) in [5, 5.41) is 1.78. The van der Waals surface area contributed by atoms with Crippen LogP contribution >= 0.6 is 11.6 Å². The van der Waals surface area contributed by atoms with E-state index in [0.29, 0.717) is 0 Å².